The summed E-state index contributed by atoms with van der Waals surface area (Å²) < 4.78 is 11.5. The van der Waals surface area contributed by atoms with Crippen molar-refractivity contribution in [1.82, 2.24) is 0 Å². The van der Waals surface area contributed by atoms with Crippen molar-refractivity contribution in [2.45, 2.75) is 31.6 Å². The first-order valence-corrected chi connectivity index (χ1v) is 7.15. The zero-order valence-corrected chi connectivity index (χ0v) is 11.1. The molecule has 2 aliphatic rings. The second kappa shape index (κ2) is 4.27. The van der Waals surface area contributed by atoms with Crippen molar-refractivity contribution in [3.63, 3.8) is 0 Å². The lowest BCUT2D eigenvalue weighted by molar-refractivity contribution is 0.0696. The fourth-order valence-electron chi connectivity index (χ4n) is 2.54. The molecule has 0 aliphatic heterocycles. The van der Waals surface area contributed by atoms with E-state index in [-0.39, 0.29) is 5.92 Å². The Hall–Kier alpha value is -1.97. The zero-order valence-electron chi connectivity index (χ0n) is 11.1. The first-order valence-electron chi connectivity index (χ1n) is 7.15. The summed E-state index contributed by atoms with van der Waals surface area (Å²) in [4.78, 5) is 11.5. The maximum Gasteiger partial charge on any atom is 0.339 e. The summed E-state index contributed by atoms with van der Waals surface area (Å²) in [6.07, 6.45) is 4.51. The first kappa shape index (κ1) is 11.8. The van der Waals surface area contributed by atoms with Gasteiger partial charge in [-0.25, -0.2) is 4.79 Å². The van der Waals surface area contributed by atoms with E-state index in [1.54, 1.807) is 6.07 Å². The molecule has 0 saturated heterocycles. The lowest BCUT2D eigenvalue weighted by Crippen LogP contribution is -2.00. The third kappa shape index (κ3) is 2.05. The maximum absolute atomic E-state index is 11.5. The van der Waals surface area contributed by atoms with Crippen molar-refractivity contribution in [1.29, 1.82) is 0 Å². The van der Waals surface area contributed by atoms with Crippen LogP contribution in [0.2, 0.25) is 0 Å². The third-order valence-corrected chi connectivity index (χ3v) is 4.03. The number of carbonyl (C=O) groups is 1. The fourth-order valence-corrected chi connectivity index (χ4v) is 2.54. The standard InChI is InChI=1S/C16H16O4/c17-16(18)14-12-7-11(19-8-9-1-2-9)5-6-13(12)20-15(14)10-3-4-10/h5-7,9-10H,1-4,8H2,(H,17,18). The van der Waals surface area contributed by atoms with Gasteiger partial charge in [0.2, 0.25) is 0 Å². The zero-order chi connectivity index (χ0) is 13.7. The number of aromatic carboxylic acids is 1. The molecule has 0 unspecified atom stereocenters. The molecule has 0 amide bonds. The Kier molecular flexibility index (Phi) is 2.52. The molecule has 1 heterocycles. The van der Waals surface area contributed by atoms with Crippen LogP contribution < -0.4 is 4.74 Å². The predicted molar refractivity (Wildman–Crippen MR) is 73.4 cm³/mol. The number of ether oxygens (including phenoxy) is 1. The van der Waals surface area contributed by atoms with Crippen LogP contribution in [0.5, 0.6) is 5.75 Å². The van der Waals surface area contributed by atoms with Gasteiger partial charge in [-0.1, -0.05) is 0 Å². The Labute approximate surface area is 116 Å². The van der Waals surface area contributed by atoms with Crippen LogP contribution in [0.3, 0.4) is 0 Å². The molecule has 2 fully saturated rings. The Morgan fingerprint density at radius 1 is 1.30 bits per heavy atom. The van der Waals surface area contributed by atoms with Crippen LogP contribution in [0.1, 0.15) is 47.7 Å². The molecule has 1 aromatic carbocycles. The molecule has 2 aliphatic carbocycles. The highest BCUT2D eigenvalue weighted by Crippen LogP contribution is 2.45. The molecule has 20 heavy (non-hydrogen) atoms. The number of fused-ring (bicyclic) bond motifs is 1. The minimum atomic E-state index is -0.912. The van der Waals surface area contributed by atoms with Crippen molar-refractivity contribution in [3.8, 4) is 5.75 Å². The number of hydrogen-bond donors (Lipinski definition) is 1. The summed E-state index contributed by atoms with van der Waals surface area (Å²) in [6, 6.07) is 5.48. The summed E-state index contributed by atoms with van der Waals surface area (Å²) in [6.45, 7) is 0.723. The van der Waals surface area contributed by atoms with Crippen molar-refractivity contribution < 1.29 is 19.1 Å². The first-order chi connectivity index (χ1) is 9.72. The van der Waals surface area contributed by atoms with Gasteiger partial charge >= 0.3 is 5.97 Å². The quantitative estimate of drug-likeness (QED) is 0.899. The lowest BCUT2D eigenvalue weighted by Gasteiger charge is -2.04. The van der Waals surface area contributed by atoms with E-state index < -0.39 is 5.97 Å². The normalized spacial score (nSPS) is 18.4. The number of carboxylic acids is 1. The smallest absolute Gasteiger partial charge is 0.339 e. The van der Waals surface area contributed by atoms with Gasteiger partial charge in [0.1, 0.15) is 22.7 Å². The Morgan fingerprint density at radius 3 is 2.75 bits per heavy atom. The minimum absolute atomic E-state index is 0.282. The van der Waals surface area contributed by atoms with E-state index in [4.69, 9.17) is 9.15 Å². The average molecular weight is 272 g/mol. The molecule has 4 nitrogen and oxygen atoms in total. The van der Waals surface area contributed by atoms with Crippen LogP contribution in [0, 0.1) is 5.92 Å². The van der Waals surface area contributed by atoms with Gasteiger partial charge in [-0.05, 0) is 49.8 Å². The van der Waals surface area contributed by atoms with Crippen molar-refractivity contribution in [2.75, 3.05) is 6.61 Å². The van der Waals surface area contributed by atoms with Gasteiger partial charge in [0.15, 0.2) is 0 Å². The molecule has 104 valence electrons. The predicted octanol–water partition coefficient (Wildman–Crippen LogP) is 3.80. The summed E-state index contributed by atoms with van der Waals surface area (Å²) in [5.74, 6) is 1.41. The molecule has 1 aromatic heterocycles. The maximum atomic E-state index is 11.5. The van der Waals surface area contributed by atoms with Crippen LogP contribution in [0.25, 0.3) is 11.0 Å². The highest BCUT2D eigenvalue weighted by Gasteiger charge is 2.33. The highest BCUT2D eigenvalue weighted by molar-refractivity contribution is 6.04. The summed E-state index contributed by atoms with van der Waals surface area (Å²) in [5.41, 5.74) is 0.961. The second-order valence-electron chi connectivity index (χ2n) is 5.83. The molecule has 2 aromatic rings. The van der Waals surface area contributed by atoms with Crippen LogP contribution >= 0.6 is 0 Å². The second-order valence-corrected chi connectivity index (χ2v) is 5.83. The summed E-state index contributed by atoms with van der Waals surface area (Å²) in [5, 5.41) is 10.1. The van der Waals surface area contributed by atoms with Crippen LogP contribution in [-0.2, 0) is 0 Å². The Balaban J connectivity index is 1.74. The number of rotatable bonds is 5. The van der Waals surface area contributed by atoms with Gasteiger partial charge in [0.05, 0.1) is 6.61 Å². The van der Waals surface area contributed by atoms with E-state index >= 15 is 0 Å². The van der Waals surface area contributed by atoms with E-state index in [0.717, 1.165) is 25.2 Å². The van der Waals surface area contributed by atoms with Crippen molar-refractivity contribution in [2.24, 2.45) is 5.92 Å². The monoisotopic (exact) mass is 272 g/mol. The van der Waals surface area contributed by atoms with Gasteiger partial charge in [-0.15, -0.1) is 0 Å². The van der Waals surface area contributed by atoms with Crippen LogP contribution in [0.15, 0.2) is 22.6 Å². The van der Waals surface area contributed by atoms with Gasteiger partial charge in [-0.3, -0.25) is 0 Å². The molecule has 4 heteroatoms. The van der Waals surface area contributed by atoms with E-state index in [0.29, 0.717) is 28.2 Å². The fraction of sp³-hybridized carbons (Fsp3) is 0.438. The third-order valence-electron chi connectivity index (χ3n) is 4.03. The van der Waals surface area contributed by atoms with E-state index in [1.165, 1.54) is 12.8 Å². The Morgan fingerprint density at radius 2 is 2.10 bits per heavy atom. The van der Waals surface area contributed by atoms with E-state index in [2.05, 4.69) is 0 Å². The molecule has 0 bridgehead atoms. The van der Waals surface area contributed by atoms with Gasteiger partial charge < -0.3 is 14.3 Å². The van der Waals surface area contributed by atoms with Gasteiger partial charge in [-0.2, -0.15) is 0 Å². The molecule has 4 rings (SSSR count). The lowest BCUT2D eigenvalue weighted by atomic mass is 10.1. The molecular formula is C16H16O4. The van der Waals surface area contributed by atoms with Crippen LogP contribution in [0.4, 0.5) is 0 Å². The molecule has 1 N–H and O–H groups in total. The molecule has 0 spiro atoms. The topological polar surface area (TPSA) is 59.7 Å². The number of carboxylic acid groups (broad SMARTS) is 1. The number of hydrogen-bond acceptors (Lipinski definition) is 3. The van der Waals surface area contributed by atoms with E-state index in [1.807, 2.05) is 12.1 Å². The Bertz CT molecular complexity index is 677. The highest BCUT2D eigenvalue weighted by atomic mass is 16.5. The molecule has 2 saturated carbocycles. The largest absolute Gasteiger partial charge is 0.493 e. The van der Waals surface area contributed by atoms with Gasteiger partial charge in [0.25, 0.3) is 0 Å². The summed E-state index contributed by atoms with van der Waals surface area (Å²) >= 11 is 0. The van der Waals surface area contributed by atoms with Gasteiger partial charge in [0, 0.05) is 11.3 Å². The van der Waals surface area contributed by atoms with Crippen LogP contribution in [-0.4, -0.2) is 17.7 Å². The number of benzene rings is 1. The van der Waals surface area contributed by atoms with E-state index in [9.17, 15) is 9.90 Å². The minimum Gasteiger partial charge on any atom is -0.493 e. The number of furan rings is 1. The van der Waals surface area contributed by atoms with Crippen molar-refractivity contribution in [3.05, 3.63) is 29.5 Å². The SMILES string of the molecule is O=C(O)c1c(C2CC2)oc2ccc(OCC3CC3)cc12. The molecular weight excluding hydrogens is 256 g/mol. The summed E-state index contributed by atoms with van der Waals surface area (Å²) in [7, 11) is 0. The molecule has 0 radical (unpaired) electrons. The molecule has 0 atom stereocenters. The average Bonchev–Trinajstić information content (AvgIpc) is 3.32. The van der Waals surface area contributed by atoms with Crippen molar-refractivity contribution >= 4 is 16.9 Å².